The largest absolute Gasteiger partial charge is 0.508 e. The minimum absolute atomic E-state index is 0.363. The van der Waals surface area contributed by atoms with Crippen LogP contribution in [0.15, 0.2) is 18.2 Å². The first kappa shape index (κ1) is 11.9. The van der Waals surface area contributed by atoms with Crippen molar-refractivity contribution in [2.45, 2.75) is 46.1 Å². The molecule has 0 aliphatic heterocycles. The maximum atomic E-state index is 9.39. The van der Waals surface area contributed by atoms with Crippen LogP contribution in [0, 0.1) is 6.92 Å². The zero-order chi connectivity index (χ0) is 11.3. The van der Waals surface area contributed by atoms with E-state index in [4.69, 9.17) is 0 Å². The number of aryl methyl sites for hydroxylation is 1. The fraction of sp³-hybridized carbons (Fsp3) is 0.538. The second-order valence-electron chi connectivity index (χ2n) is 4.19. The number of aromatic hydroxyl groups is 1. The first-order chi connectivity index (χ1) is 7.13. The van der Waals surface area contributed by atoms with Crippen LogP contribution >= 0.6 is 0 Å². The normalized spacial score (nSPS) is 12.5. The van der Waals surface area contributed by atoms with Gasteiger partial charge in [0.15, 0.2) is 0 Å². The Morgan fingerprint density at radius 3 is 2.73 bits per heavy atom. The van der Waals surface area contributed by atoms with Gasteiger partial charge < -0.3 is 10.4 Å². The minimum atomic E-state index is 0.363. The third-order valence-electron chi connectivity index (χ3n) is 2.60. The number of hydrogen-bond donors (Lipinski definition) is 2. The van der Waals surface area contributed by atoms with Crippen LogP contribution in [0.4, 0.5) is 5.69 Å². The molecular formula is C13H21NO. The van der Waals surface area contributed by atoms with Crippen molar-refractivity contribution < 1.29 is 5.11 Å². The molecule has 1 aromatic carbocycles. The van der Waals surface area contributed by atoms with Gasteiger partial charge in [-0.05, 0) is 44.0 Å². The van der Waals surface area contributed by atoms with Crippen molar-refractivity contribution in [3.05, 3.63) is 23.8 Å². The van der Waals surface area contributed by atoms with Crippen LogP contribution in [0.5, 0.6) is 5.75 Å². The Bertz CT molecular complexity index is 309. The van der Waals surface area contributed by atoms with E-state index >= 15 is 0 Å². The summed E-state index contributed by atoms with van der Waals surface area (Å²) in [5, 5.41) is 12.8. The van der Waals surface area contributed by atoms with Crippen molar-refractivity contribution in [1.82, 2.24) is 0 Å². The van der Waals surface area contributed by atoms with E-state index in [-0.39, 0.29) is 0 Å². The molecule has 0 saturated carbocycles. The maximum absolute atomic E-state index is 9.39. The van der Waals surface area contributed by atoms with Crippen LogP contribution in [0.2, 0.25) is 0 Å². The molecule has 1 rings (SSSR count). The summed E-state index contributed by atoms with van der Waals surface area (Å²) < 4.78 is 0. The van der Waals surface area contributed by atoms with Gasteiger partial charge in [0.05, 0.1) is 0 Å². The molecule has 0 saturated heterocycles. The molecule has 0 aromatic heterocycles. The van der Waals surface area contributed by atoms with Crippen molar-refractivity contribution in [2.24, 2.45) is 0 Å². The monoisotopic (exact) mass is 207 g/mol. The molecule has 2 N–H and O–H groups in total. The fourth-order valence-corrected chi connectivity index (χ4v) is 1.61. The Balaban J connectivity index is 2.53. The topological polar surface area (TPSA) is 32.3 Å². The van der Waals surface area contributed by atoms with Crippen molar-refractivity contribution in [2.75, 3.05) is 5.32 Å². The van der Waals surface area contributed by atoms with Gasteiger partial charge in [0.1, 0.15) is 5.75 Å². The second-order valence-corrected chi connectivity index (χ2v) is 4.19. The highest BCUT2D eigenvalue weighted by atomic mass is 16.3. The number of benzene rings is 1. The molecule has 0 amide bonds. The molecule has 0 aliphatic carbocycles. The van der Waals surface area contributed by atoms with Crippen LogP contribution in [-0.2, 0) is 0 Å². The predicted molar refractivity (Wildman–Crippen MR) is 65.5 cm³/mol. The Morgan fingerprint density at radius 1 is 1.40 bits per heavy atom. The number of anilines is 1. The number of hydrogen-bond acceptors (Lipinski definition) is 2. The third kappa shape index (κ3) is 3.82. The van der Waals surface area contributed by atoms with Gasteiger partial charge in [0.2, 0.25) is 0 Å². The molecule has 2 heteroatoms. The first-order valence-electron chi connectivity index (χ1n) is 5.69. The standard InChI is InChI=1S/C13H21NO/c1-4-5-6-11(3)14-12-7-8-13(15)10(2)9-12/h7-9,11,14-15H,4-6H2,1-3H3. The first-order valence-corrected chi connectivity index (χ1v) is 5.69. The maximum Gasteiger partial charge on any atom is 0.118 e. The summed E-state index contributed by atoms with van der Waals surface area (Å²) in [4.78, 5) is 0. The van der Waals surface area contributed by atoms with Gasteiger partial charge in [-0.1, -0.05) is 19.8 Å². The SMILES string of the molecule is CCCCC(C)Nc1ccc(O)c(C)c1. The van der Waals surface area contributed by atoms with E-state index < -0.39 is 0 Å². The molecular weight excluding hydrogens is 186 g/mol. The van der Waals surface area contributed by atoms with Gasteiger partial charge in [-0.25, -0.2) is 0 Å². The van der Waals surface area contributed by atoms with Gasteiger partial charge in [0, 0.05) is 11.7 Å². The highest BCUT2D eigenvalue weighted by molar-refractivity contribution is 5.50. The van der Waals surface area contributed by atoms with Crippen LogP contribution in [-0.4, -0.2) is 11.1 Å². The summed E-state index contributed by atoms with van der Waals surface area (Å²) in [5.74, 6) is 0.363. The van der Waals surface area contributed by atoms with Gasteiger partial charge in [-0.3, -0.25) is 0 Å². The molecule has 0 aliphatic rings. The van der Waals surface area contributed by atoms with Crippen molar-refractivity contribution in [1.29, 1.82) is 0 Å². The Labute approximate surface area is 92.3 Å². The van der Waals surface area contributed by atoms with Crippen molar-refractivity contribution in [3.8, 4) is 5.75 Å². The molecule has 0 radical (unpaired) electrons. The lowest BCUT2D eigenvalue weighted by atomic mass is 10.1. The Morgan fingerprint density at radius 2 is 2.13 bits per heavy atom. The molecule has 1 atom stereocenters. The van der Waals surface area contributed by atoms with E-state index in [1.807, 2.05) is 19.1 Å². The summed E-state index contributed by atoms with van der Waals surface area (Å²) in [6.07, 6.45) is 3.68. The fourth-order valence-electron chi connectivity index (χ4n) is 1.61. The summed E-state index contributed by atoms with van der Waals surface area (Å²) in [7, 11) is 0. The second kappa shape index (κ2) is 5.64. The van der Waals surface area contributed by atoms with E-state index in [1.54, 1.807) is 6.07 Å². The number of phenols is 1. The number of unbranched alkanes of at least 4 members (excludes halogenated alkanes) is 1. The van der Waals surface area contributed by atoms with Crippen LogP contribution in [0.1, 0.15) is 38.7 Å². The zero-order valence-electron chi connectivity index (χ0n) is 9.88. The van der Waals surface area contributed by atoms with Crippen LogP contribution < -0.4 is 5.32 Å². The molecule has 0 spiro atoms. The summed E-state index contributed by atoms with van der Waals surface area (Å²) in [5.41, 5.74) is 2.01. The molecule has 0 heterocycles. The minimum Gasteiger partial charge on any atom is -0.508 e. The van der Waals surface area contributed by atoms with E-state index in [2.05, 4.69) is 19.2 Å². The third-order valence-corrected chi connectivity index (χ3v) is 2.60. The predicted octanol–water partition coefficient (Wildman–Crippen LogP) is 3.69. The lowest BCUT2D eigenvalue weighted by Crippen LogP contribution is -2.14. The average molecular weight is 207 g/mol. The lowest BCUT2D eigenvalue weighted by molar-refractivity contribution is 0.471. The molecule has 0 bridgehead atoms. The highest BCUT2D eigenvalue weighted by Crippen LogP contribution is 2.21. The van der Waals surface area contributed by atoms with Gasteiger partial charge >= 0.3 is 0 Å². The van der Waals surface area contributed by atoms with Gasteiger partial charge in [0.25, 0.3) is 0 Å². The van der Waals surface area contributed by atoms with Gasteiger partial charge in [-0.2, -0.15) is 0 Å². The van der Waals surface area contributed by atoms with E-state index in [0.717, 1.165) is 11.3 Å². The zero-order valence-corrected chi connectivity index (χ0v) is 9.88. The van der Waals surface area contributed by atoms with Crippen molar-refractivity contribution >= 4 is 5.69 Å². The van der Waals surface area contributed by atoms with Crippen LogP contribution in [0.3, 0.4) is 0 Å². The number of phenolic OH excluding ortho intramolecular Hbond substituents is 1. The molecule has 0 fully saturated rings. The molecule has 1 aromatic rings. The lowest BCUT2D eigenvalue weighted by Gasteiger charge is -2.15. The average Bonchev–Trinajstić information content (AvgIpc) is 2.20. The summed E-state index contributed by atoms with van der Waals surface area (Å²) in [6.45, 7) is 6.31. The molecule has 2 nitrogen and oxygen atoms in total. The molecule has 84 valence electrons. The molecule has 15 heavy (non-hydrogen) atoms. The Kier molecular flexibility index (Phi) is 4.47. The smallest absolute Gasteiger partial charge is 0.118 e. The van der Waals surface area contributed by atoms with Gasteiger partial charge in [-0.15, -0.1) is 0 Å². The number of nitrogens with one attached hydrogen (secondary N) is 1. The number of rotatable bonds is 5. The summed E-state index contributed by atoms with van der Waals surface area (Å²) in [6, 6.07) is 6.14. The highest BCUT2D eigenvalue weighted by Gasteiger charge is 2.02. The van der Waals surface area contributed by atoms with E-state index in [0.29, 0.717) is 11.8 Å². The van der Waals surface area contributed by atoms with E-state index in [9.17, 15) is 5.11 Å². The quantitative estimate of drug-likeness (QED) is 0.722. The molecule has 1 unspecified atom stereocenters. The Hall–Kier alpha value is -1.18. The van der Waals surface area contributed by atoms with Crippen LogP contribution in [0.25, 0.3) is 0 Å². The van der Waals surface area contributed by atoms with E-state index in [1.165, 1.54) is 19.3 Å². The van der Waals surface area contributed by atoms with Crippen molar-refractivity contribution in [3.63, 3.8) is 0 Å². The summed E-state index contributed by atoms with van der Waals surface area (Å²) >= 11 is 0.